The van der Waals surface area contributed by atoms with Gasteiger partial charge in [-0.3, -0.25) is 19.2 Å². The lowest BCUT2D eigenvalue weighted by atomic mass is 9.84. The molecule has 1 saturated carbocycles. The number of imidazole rings is 1. The van der Waals surface area contributed by atoms with Crippen molar-refractivity contribution < 1.29 is 38.6 Å². The van der Waals surface area contributed by atoms with Crippen LogP contribution in [0.1, 0.15) is 57.4 Å². The molecule has 1 heterocycles. The number of carbonyl (C=O) groups excluding carboxylic acids is 4. The van der Waals surface area contributed by atoms with Gasteiger partial charge < -0.3 is 30.9 Å². The molecule has 1 fully saturated rings. The Bertz CT molecular complexity index is 1480. The molecule has 2 atom stereocenters. The van der Waals surface area contributed by atoms with Gasteiger partial charge in [-0.05, 0) is 54.7 Å². The number of hydrogen-bond acceptors (Lipinski definition) is 9. The topological polar surface area (TPSA) is 192 Å². The van der Waals surface area contributed by atoms with Crippen LogP contribution >= 0.6 is 0 Å². The molecule has 1 aliphatic rings. The first-order chi connectivity index (χ1) is 19.5. The highest BCUT2D eigenvalue weighted by atomic mass is 16.6. The summed E-state index contributed by atoms with van der Waals surface area (Å²) in [6, 6.07) is 11.4. The van der Waals surface area contributed by atoms with Crippen LogP contribution in [0.4, 0.5) is 22.1 Å². The first kappa shape index (κ1) is 29.1. The van der Waals surface area contributed by atoms with E-state index in [1.807, 2.05) is 12.1 Å². The molecule has 0 saturated heterocycles. The quantitative estimate of drug-likeness (QED) is 0.293. The molecule has 1 aromatic heterocycles. The lowest BCUT2D eigenvalue weighted by Crippen LogP contribution is -2.49. The second-order valence-corrected chi connectivity index (χ2v) is 9.79. The summed E-state index contributed by atoms with van der Waals surface area (Å²) in [5.41, 5.74) is 7.67. The molecule has 0 aliphatic heterocycles. The number of aromatic nitrogens is 2. The summed E-state index contributed by atoms with van der Waals surface area (Å²) in [6.07, 6.45) is 0.716. The summed E-state index contributed by atoms with van der Waals surface area (Å²) in [5, 5.41) is 14.5. The van der Waals surface area contributed by atoms with Gasteiger partial charge in [0.1, 0.15) is 0 Å². The minimum atomic E-state index is -1.87. The van der Waals surface area contributed by atoms with Crippen molar-refractivity contribution in [2.75, 3.05) is 16.4 Å². The number of hydrogen-bond donors (Lipinski definition) is 4. The number of amides is 2. The molecule has 5 N–H and O–H groups in total. The lowest BCUT2D eigenvalue weighted by molar-refractivity contribution is -0.171. The molecule has 1 aliphatic carbocycles. The van der Waals surface area contributed by atoms with E-state index in [1.165, 1.54) is 43.0 Å². The van der Waals surface area contributed by atoms with Gasteiger partial charge in [0.2, 0.25) is 18.2 Å². The number of nitrogens with one attached hydrogen (secondary N) is 2. The molecule has 2 amide bonds. The molecule has 216 valence electrons. The fourth-order valence-electron chi connectivity index (χ4n) is 4.94. The zero-order chi connectivity index (χ0) is 29.7. The Balaban J connectivity index is 1.56. The van der Waals surface area contributed by atoms with Crippen LogP contribution in [0.5, 0.6) is 0 Å². The van der Waals surface area contributed by atoms with Crippen LogP contribution in [0.15, 0.2) is 42.5 Å². The summed E-state index contributed by atoms with van der Waals surface area (Å²) < 4.78 is 11.0. The third kappa shape index (κ3) is 6.99. The number of fused-ring (bicyclic) bond motifs is 1. The van der Waals surface area contributed by atoms with E-state index in [9.17, 15) is 29.1 Å². The summed E-state index contributed by atoms with van der Waals surface area (Å²) >= 11 is 0. The number of nitrogen functional groups attached to an aromatic ring is 1. The van der Waals surface area contributed by atoms with E-state index in [0.29, 0.717) is 11.6 Å². The number of nitrogens with two attached hydrogens (primary N) is 1. The minimum absolute atomic E-state index is 0.0855. The highest BCUT2D eigenvalue weighted by molar-refractivity contribution is 6.04. The molecule has 41 heavy (non-hydrogen) atoms. The number of carboxylic acid groups (broad SMARTS) is 1. The molecular weight excluding hydrogens is 534 g/mol. The molecule has 4 rings (SSSR count). The van der Waals surface area contributed by atoms with E-state index in [1.54, 1.807) is 12.1 Å². The molecule has 2 aromatic carbocycles. The number of nitrogens with zero attached hydrogens (tertiary/aromatic N) is 2. The van der Waals surface area contributed by atoms with Gasteiger partial charge in [-0.15, -0.1) is 0 Å². The molecule has 13 heteroatoms. The monoisotopic (exact) mass is 565 g/mol. The Hall–Kier alpha value is -4.94. The van der Waals surface area contributed by atoms with Crippen LogP contribution in [-0.2, 0) is 28.7 Å². The number of benzene rings is 2. The van der Waals surface area contributed by atoms with Crippen molar-refractivity contribution in [1.82, 2.24) is 9.55 Å². The molecular formula is C28H31N5O8. The molecule has 13 nitrogen and oxygen atoms in total. The maximum absolute atomic E-state index is 13.3. The van der Waals surface area contributed by atoms with Gasteiger partial charge >= 0.3 is 18.0 Å². The number of anilines is 3. The molecule has 3 aromatic rings. The third-order valence-corrected chi connectivity index (χ3v) is 6.77. The molecule has 0 radical (unpaired) electrons. The van der Waals surface area contributed by atoms with Crippen molar-refractivity contribution in [1.29, 1.82) is 0 Å². The van der Waals surface area contributed by atoms with E-state index in [2.05, 4.69) is 15.6 Å². The van der Waals surface area contributed by atoms with Crippen LogP contribution in [-0.4, -0.2) is 56.7 Å². The zero-order valence-electron chi connectivity index (χ0n) is 22.6. The lowest BCUT2D eigenvalue weighted by Gasteiger charge is -2.25. The van der Waals surface area contributed by atoms with E-state index in [0.717, 1.165) is 31.3 Å². The van der Waals surface area contributed by atoms with Crippen LogP contribution in [0.2, 0.25) is 0 Å². The number of ether oxygens (including phenoxy) is 2. The average molecular weight is 566 g/mol. The van der Waals surface area contributed by atoms with Crippen molar-refractivity contribution in [2.24, 2.45) is 0 Å². The highest BCUT2D eigenvalue weighted by Gasteiger charge is 2.39. The van der Waals surface area contributed by atoms with Gasteiger partial charge in [-0.25, -0.2) is 14.3 Å². The second-order valence-electron chi connectivity index (χ2n) is 9.79. The van der Waals surface area contributed by atoms with Crippen LogP contribution in [0.25, 0.3) is 11.0 Å². The Morgan fingerprint density at radius 2 is 1.41 bits per heavy atom. The number of rotatable bonds is 8. The maximum atomic E-state index is 13.3. The standard InChI is InChI=1S/C28H31N5O8/c1-15(34)40-23(25(36)30-19-10-8-18(9-11-19)17-6-4-3-5-7-17)24(41-16(2)35)26(37)31-20-12-13-21-22(14-20)33(28(38)39)27(29)32-21/h8-14,17,23-24H,3-7H2,1-2H3,(H2,29,32)(H,30,36)(H,31,37)(H,38,39)/t23-,24-/m1/s1. The van der Waals surface area contributed by atoms with Crippen LogP contribution in [0.3, 0.4) is 0 Å². The summed E-state index contributed by atoms with van der Waals surface area (Å²) in [5.74, 6) is -3.48. The van der Waals surface area contributed by atoms with Gasteiger partial charge in [0.25, 0.3) is 11.8 Å². The molecule has 0 spiro atoms. The smallest absolute Gasteiger partial charge is 0.418 e. The highest BCUT2D eigenvalue weighted by Crippen LogP contribution is 2.33. The molecule has 0 unspecified atom stereocenters. The van der Waals surface area contributed by atoms with Crippen LogP contribution in [0, 0.1) is 0 Å². The summed E-state index contributed by atoms with van der Waals surface area (Å²) in [7, 11) is 0. The van der Waals surface area contributed by atoms with Gasteiger partial charge in [0.15, 0.2) is 0 Å². The summed E-state index contributed by atoms with van der Waals surface area (Å²) in [4.78, 5) is 65.9. The van der Waals surface area contributed by atoms with Crippen molar-refractivity contribution in [3.63, 3.8) is 0 Å². The number of esters is 2. The van der Waals surface area contributed by atoms with E-state index in [4.69, 9.17) is 15.2 Å². The predicted molar refractivity (Wildman–Crippen MR) is 148 cm³/mol. The minimum Gasteiger partial charge on any atom is -0.464 e. The predicted octanol–water partition coefficient (Wildman–Crippen LogP) is 3.63. The van der Waals surface area contributed by atoms with Gasteiger partial charge in [0.05, 0.1) is 11.0 Å². The van der Waals surface area contributed by atoms with Gasteiger partial charge in [0, 0.05) is 25.2 Å². The second kappa shape index (κ2) is 12.5. The van der Waals surface area contributed by atoms with Gasteiger partial charge in [-0.2, -0.15) is 0 Å². The van der Waals surface area contributed by atoms with E-state index < -0.39 is 42.1 Å². The van der Waals surface area contributed by atoms with E-state index >= 15 is 0 Å². The zero-order valence-corrected chi connectivity index (χ0v) is 22.6. The fourth-order valence-corrected chi connectivity index (χ4v) is 4.94. The summed E-state index contributed by atoms with van der Waals surface area (Å²) in [6.45, 7) is 2.08. The Morgan fingerprint density at radius 1 is 0.878 bits per heavy atom. The van der Waals surface area contributed by atoms with E-state index in [-0.39, 0.29) is 22.7 Å². The van der Waals surface area contributed by atoms with Crippen LogP contribution < -0.4 is 16.4 Å². The SMILES string of the molecule is CC(=O)O[C@@H](C(=O)Nc1ccc(C2CCCCC2)cc1)[C@@H](OC(C)=O)C(=O)Nc1ccc2nc(N)n(C(=O)O)c2c1. The van der Waals surface area contributed by atoms with Crippen molar-refractivity contribution >= 4 is 58.2 Å². The maximum Gasteiger partial charge on any atom is 0.418 e. The van der Waals surface area contributed by atoms with Crippen molar-refractivity contribution in [3.05, 3.63) is 48.0 Å². The Labute approximate surface area is 235 Å². The third-order valence-electron chi connectivity index (χ3n) is 6.77. The Morgan fingerprint density at radius 3 is 1.95 bits per heavy atom. The normalized spacial score (nSPS) is 15.0. The first-order valence-electron chi connectivity index (χ1n) is 13.1. The van der Waals surface area contributed by atoms with Crippen molar-refractivity contribution in [2.45, 2.75) is 64.1 Å². The largest absolute Gasteiger partial charge is 0.464 e. The Kier molecular flexibility index (Phi) is 8.85. The van der Waals surface area contributed by atoms with Gasteiger partial charge in [-0.1, -0.05) is 31.4 Å². The molecule has 0 bridgehead atoms. The number of carbonyl (C=O) groups is 5. The fraction of sp³-hybridized carbons (Fsp3) is 0.357. The average Bonchev–Trinajstić information content (AvgIpc) is 3.26. The van der Waals surface area contributed by atoms with Crippen molar-refractivity contribution in [3.8, 4) is 0 Å². The first-order valence-corrected chi connectivity index (χ1v) is 13.1.